The molecule has 1 aromatic rings. The van der Waals surface area contributed by atoms with E-state index in [1.165, 1.54) is 0 Å². The number of benzene rings is 1. The zero-order valence-corrected chi connectivity index (χ0v) is 20.4. The molecule has 0 aromatic heterocycles. The molecule has 1 atom stereocenters. The second-order valence-corrected chi connectivity index (χ2v) is 10.9. The van der Waals surface area contributed by atoms with Crippen molar-refractivity contribution >= 4 is 21.7 Å². The second kappa shape index (κ2) is 11.7. The zero-order valence-electron chi connectivity index (χ0n) is 19.6. The van der Waals surface area contributed by atoms with E-state index in [-0.39, 0.29) is 35.1 Å². The maximum Gasteiger partial charge on any atom is 0.338 e. The van der Waals surface area contributed by atoms with Crippen molar-refractivity contribution in [3.8, 4) is 11.5 Å². The van der Waals surface area contributed by atoms with Gasteiger partial charge >= 0.3 is 5.97 Å². The van der Waals surface area contributed by atoms with Gasteiger partial charge in [0.05, 0.1) is 30.3 Å². The van der Waals surface area contributed by atoms with Crippen LogP contribution >= 0.6 is 0 Å². The predicted octanol–water partition coefficient (Wildman–Crippen LogP) is 3.38. The molecule has 1 heterocycles. The summed E-state index contributed by atoms with van der Waals surface area (Å²) in [5, 5.41) is 0. The number of rotatable bonds is 11. The van der Waals surface area contributed by atoms with Gasteiger partial charge in [0.15, 0.2) is 27.9 Å². The molecule has 1 aliphatic heterocycles. The van der Waals surface area contributed by atoms with Gasteiger partial charge in [0, 0.05) is 12.1 Å². The van der Waals surface area contributed by atoms with Gasteiger partial charge < -0.3 is 19.1 Å². The average Bonchev–Trinajstić information content (AvgIpc) is 3.43. The minimum atomic E-state index is -3.13. The van der Waals surface area contributed by atoms with Gasteiger partial charge in [-0.15, -0.1) is 0 Å². The van der Waals surface area contributed by atoms with Crippen LogP contribution in [0.5, 0.6) is 11.5 Å². The third-order valence-corrected chi connectivity index (χ3v) is 7.92. The Kier molecular flexibility index (Phi) is 9.00. The van der Waals surface area contributed by atoms with E-state index in [0.717, 1.165) is 38.5 Å². The van der Waals surface area contributed by atoms with Crippen LogP contribution in [0.2, 0.25) is 0 Å². The highest BCUT2D eigenvalue weighted by atomic mass is 32.2. The summed E-state index contributed by atoms with van der Waals surface area (Å²) in [6, 6.07) is 4.50. The highest BCUT2D eigenvalue weighted by Crippen LogP contribution is 2.30. The molecule has 33 heavy (non-hydrogen) atoms. The number of ether oxygens (including phenoxy) is 3. The van der Waals surface area contributed by atoms with Gasteiger partial charge in [0.2, 0.25) is 0 Å². The van der Waals surface area contributed by atoms with Crippen molar-refractivity contribution in [2.45, 2.75) is 70.9 Å². The van der Waals surface area contributed by atoms with E-state index >= 15 is 0 Å². The molecule has 184 valence electrons. The average molecular weight is 482 g/mol. The van der Waals surface area contributed by atoms with Gasteiger partial charge in [-0.2, -0.15) is 0 Å². The lowest BCUT2D eigenvalue weighted by Gasteiger charge is -2.33. The van der Waals surface area contributed by atoms with Crippen LogP contribution in [0.15, 0.2) is 18.2 Å². The maximum absolute atomic E-state index is 13.0. The molecule has 0 bridgehead atoms. The van der Waals surface area contributed by atoms with Crippen LogP contribution in [0.1, 0.15) is 69.2 Å². The Balaban J connectivity index is 1.65. The van der Waals surface area contributed by atoms with E-state index in [2.05, 4.69) is 6.92 Å². The Hall–Kier alpha value is -2.29. The Labute approximate surface area is 196 Å². The highest BCUT2D eigenvalue weighted by molar-refractivity contribution is 7.91. The normalized spacial score (nSPS) is 19.9. The monoisotopic (exact) mass is 481 g/mol. The molecule has 3 rings (SSSR count). The van der Waals surface area contributed by atoms with Gasteiger partial charge in [-0.1, -0.05) is 26.2 Å². The summed E-state index contributed by atoms with van der Waals surface area (Å²) >= 11 is 0. The quantitative estimate of drug-likeness (QED) is 0.353. The molecule has 1 saturated heterocycles. The van der Waals surface area contributed by atoms with Crippen LogP contribution in [0.25, 0.3) is 0 Å². The lowest BCUT2D eigenvalue weighted by Crippen LogP contribution is -2.48. The number of carbonyl (C=O) groups excluding carboxylic acids is 2. The zero-order chi connectivity index (χ0) is 23.8. The van der Waals surface area contributed by atoms with Crippen molar-refractivity contribution in [3.63, 3.8) is 0 Å². The first-order valence-electron chi connectivity index (χ1n) is 11.9. The van der Waals surface area contributed by atoms with Crippen molar-refractivity contribution in [3.05, 3.63) is 23.8 Å². The first kappa shape index (κ1) is 25.3. The smallest absolute Gasteiger partial charge is 0.338 e. The first-order chi connectivity index (χ1) is 15.8. The molecule has 1 amide bonds. The first-order valence-corrected chi connectivity index (χ1v) is 13.7. The molecule has 1 saturated carbocycles. The number of hydrogen-bond donors (Lipinski definition) is 0. The fourth-order valence-electron chi connectivity index (χ4n) is 4.52. The number of amides is 1. The molecule has 0 N–H and O–H groups in total. The molecule has 1 aromatic carbocycles. The standard InChI is InChI=1S/C24H35NO7S/c1-3-5-13-31-21-11-10-18(15-22(21)30-4-2)24(27)32-16-23(26)25(19-8-6-7-9-19)20-12-14-33(28,29)17-20/h10-11,15,19-20H,3-9,12-14,16-17H2,1-2H3. The van der Waals surface area contributed by atoms with E-state index in [0.29, 0.717) is 31.1 Å². The minimum absolute atomic E-state index is 0.0126. The van der Waals surface area contributed by atoms with Crippen LogP contribution < -0.4 is 9.47 Å². The minimum Gasteiger partial charge on any atom is -0.490 e. The summed E-state index contributed by atoms with van der Waals surface area (Å²) in [6.45, 7) is 4.49. The Morgan fingerprint density at radius 3 is 2.42 bits per heavy atom. The maximum atomic E-state index is 13.0. The Morgan fingerprint density at radius 2 is 1.79 bits per heavy atom. The largest absolute Gasteiger partial charge is 0.490 e. The lowest BCUT2D eigenvalue weighted by molar-refractivity contribution is -0.139. The summed E-state index contributed by atoms with van der Waals surface area (Å²) in [4.78, 5) is 27.4. The molecule has 2 aliphatic rings. The van der Waals surface area contributed by atoms with E-state index in [1.807, 2.05) is 6.92 Å². The highest BCUT2D eigenvalue weighted by Gasteiger charge is 2.39. The van der Waals surface area contributed by atoms with Gasteiger partial charge in [-0.05, 0) is 50.8 Å². The molecular formula is C24H35NO7S. The number of carbonyl (C=O) groups is 2. The molecule has 1 unspecified atom stereocenters. The van der Waals surface area contributed by atoms with Crippen molar-refractivity contribution in [1.29, 1.82) is 0 Å². The molecule has 2 fully saturated rings. The van der Waals surface area contributed by atoms with Crippen LogP contribution in [0.4, 0.5) is 0 Å². The second-order valence-electron chi connectivity index (χ2n) is 8.67. The predicted molar refractivity (Wildman–Crippen MR) is 124 cm³/mol. The van der Waals surface area contributed by atoms with E-state index in [4.69, 9.17) is 14.2 Å². The van der Waals surface area contributed by atoms with Gasteiger partial charge in [-0.25, -0.2) is 13.2 Å². The van der Waals surface area contributed by atoms with E-state index in [1.54, 1.807) is 23.1 Å². The number of unbranched alkanes of at least 4 members (excludes halogenated alkanes) is 1. The van der Waals surface area contributed by atoms with E-state index < -0.39 is 22.4 Å². The molecular weight excluding hydrogens is 446 g/mol. The summed E-state index contributed by atoms with van der Waals surface area (Å²) in [7, 11) is -3.13. The van der Waals surface area contributed by atoms with Crippen molar-refractivity contribution < 1.29 is 32.2 Å². The van der Waals surface area contributed by atoms with Crippen LogP contribution in [0.3, 0.4) is 0 Å². The number of hydrogen-bond acceptors (Lipinski definition) is 7. The van der Waals surface area contributed by atoms with Gasteiger partial charge in [0.1, 0.15) is 0 Å². The van der Waals surface area contributed by atoms with Crippen molar-refractivity contribution in [2.75, 3.05) is 31.3 Å². The Bertz CT molecular complexity index is 925. The third kappa shape index (κ3) is 6.85. The van der Waals surface area contributed by atoms with Crippen molar-refractivity contribution in [1.82, 2.24) is 4.90 Å². The lowest BCUT2D eigenvalue weighted by atomic mass is 10.1. The summed E-state index contributed by atoms with van der Waals surface area (Å²) < 4.78 is 40.7. The van der Waals surface area contributed by atoms with E-state index in [9.17, 15) is 18.0 Å². The van der Waals surface area contributed by atoms with Gasteiger partial charge in [0.25, 0.3) is 5.91 Å². The molecule has 0 radical (unpaired) electrons. The number of sulfone groups is 1. The van der Waals surface area contributed by atoms with Crippen LogP contribution in [0, 0.1) is 0 Å². The Morgan fingerprint density at radius 1 is 1.03 bits per heavy atom. The van der Waals surface area contributed by atoms with Gasteiger partial charge in [-0.3, -0.25) is 4.79 Å². The fraction of sp³-hybridized carbons (Fsp3) is 0.667. The SMILES string of the molecule is CCCCOc1ccc(C(=O)OCC(=O)N(C2CCCC2)C2CCS(=O)(=O)C2)cc1OCC. The van der Waals surface area contributed by atoms with Crippen LogP contribution in [-0.4, -0.2) is 68.6 Å². The third-order valence-electron chi connectivity index (χ3n) is 6.17. The molecule has 1 aliphatic carbocycles. The molecule has 8 nitrogen and oxygen atoms in total. The molecule has 9 heteroatoms. The summed E-state index contributed by atoms with van der Waals surface area (Å²) in [5.41, 5.74) is 0.268. The summed E-state index contributed by atoms with van der Waals surface area (Å²) in [5.74, 6) is 0.143. The number of nitrogens with zero attached hydrogens (tertiary/aromatic N) is 1. The molecule has 0 spiro atoms. The fourth-order valence-corrected chi connectivity index (χ4v) is 6.23. The topological polar surface area (TPSA) is 99.2 Å². The summed E-state index contributed by atoms with van der Waals surface area (Å²) in [6.07, 6.45) is 6.10. The van der Waals surface area contributed by atoms with Crippen molar-refractivity contribution in [2.24, 2.45) is 0 Å². The number of esters is 1. The van der Waals surface area contributed by atoms with Crippen LogP contribution in [-0.2, 0) is 19.4 Å².